The van der Waals surface area contributed by atoms with E-state index in [1.807, 2.05) is 18.2 Å². The van der Waals surface area contributed by atoms with E-state index in [0.29, 0.717) is 24.9 Å². The zero-order chi connectivity index (χ0) is 18.3. The highest BCUT2D eigenvalue weighted by atomic mass is 16.5. The summed E-state index contributed by atoms with van der Waals surface area (Å²) in [5, 5.41) is 5.77. The number of guanidine groups is 1. The van der Waals surface area contributed by atoms with Gasteiger partial charge in [0.2, 0.25) is 5.91 Å². The van der Waals surface area contributed by atoms with Crippen LogP contribution in [-0.4, -0.2) is 31.6 Å². The van der Waals surface area contributed by atoms with Gasteiger partial charge in [0.15, 0.2) is 5.96 Å². The lowest BCUT2D eigenvalue weighted by atomic mass is 10.1. The van der Waals surface area contributed by atoms with Crippen LogP contribution in [0.1, 0.15) is 52.4 Å². The fourth-order valence-electron chi connectivity index (χ4n) is 2.36. The number of nitrogens with zero attached hydrogens (tertiary/aromatic N) is 1. The molecule has 0 saturated carbocycles. The summed E-state index contributed by atoms with van der Waals surface area (Å²) >= 11 is 0. The summed E-state index contributed by atoms with van der Waals surface area (Å²) in [6, 6.07) is 7.29. The predicted octanol–water partition coefficient (Wildman–Crippen LogP) is 3.29. The van der Waals surface area contributed by atoms with Gasteiger partial charge in [0.05, 0.1) is 6.54 Å². The summed E-state index contributed by atoms with van der Waals surface area (Å²) in [7, 11) is 0. The van der Waals surface area contributed by atoms with Gasteiger partial charge in [0.1, 0.15) is 12.4 Å². The van der Waals surface area contributed by atoms with Gasteiger partial charge in [-0.2, -0.15) is 0 Å². The van der Waals surface area contributed by atoms with E-state index < -0.39 is 0 Å². The second-order valence-corrected chi connectivity index (χ2v) is 6.02. The summed E-state index contributed by atoms with van der Waals surface area (Å²) in [5.41, 5.74) is 6.55. The topological polar surface area (TPSA) is 88.7 Å². The Morgan fingerprint density at radius 1 is 1.20 bits per heavy atom. The zero-order valence-corrected chi connectivity index (χ0v) is 15.5. The summed E-state index contributed by atoms with van der Waals surface area (Å²) in [5.74, 6) is 1.06. The Balaban J connectivity index is 2.13. The van der Waals surface area contributed by atoms with E-state index in [1.54, 1.807) is 6.07 Å². The largest absolute Gasteiger partial charge is 0.492 e. The number of nitrogens with two attached hydrogens (primary N) is 1. The SMILES string of the molecule is CCCCCCCCN=C(N)NCCOc1cccc(NC(C)=O)c1. The number of anilines is 1. The molecule has 0 aliphatic carbocycles. The molecule has 1 rings (SSSR count). The van der Waals surface area contributed by atoms with Crippen molar-refractivity contribution in [2.24, 2.45) is 10.7 Å². The van der Waals surface area contributed by atoms with Crippen molar-refractivity contribution in [1.82, 2.24) is 5.32 Å². The number of hydrogen-bond acceptors (Lipinski definition) is 3. The Morgan fingerprint density at radius 3 is 2.72 bits per heavy atom. The molecule has 6 nitrogen and oxygen atoms in total. The Hall–Kier alpha value is -2.24. The lowest BCUT2D eigenvalue weighted by Gasteiger charge is -2.09. The monoisotopic (exact) mass is 348 g/mol. The number of hydrogen-bond donors (Lipinski definition) is 3. The van der Waals surface area contributed by atoms with Gasteiger partial charge < -0.3 is 21.1 Å². The fraction of sp³-hybridized carbons (Fsp3) is 0.579. The van der Waals surface area contributed by atoms with Crippen molar-refractivity contribution in [3.8, 4) is 5.75 Å². The molecule has 0 spiro atoms. The first-order chi connectivity index (χ1) is 12.1. The van der Waals surface area contributed by atoms with Gasteiger partial charge in [-0.1, -0.05) is 45.1 Å². The molecule has 140 valence electrons. The first kappa shape index (κ1) is 20.8. The molecule has 1 amide bonds. The van der Waals surface area contributed by atoms with Gasteiger partial charge >= 0.3 is 0 Å². The first-order valence-corrected chi connectivity index (χ1v) is 9.16. The van der Waals surface area contributed by atoms with E-state index in [1.165, 1.54) is 39.0 Å². The van der Waals surface area contributed by atoms with Crippen molar-refractivity contribution >= 4 is 17.6 Å². The normalized spacial score (nSPS) is 11.2. The molecule has 0 unspecified atom stereocenters. The lowest BCUT2D eigenvalue weighted by molar-refractivity contribution is -0.114. The standard InChI is InChI=1S/C19H32N4O2/c1-3-4-5-6-7-8-12-21-19(20)22-13-14-25-18-11-9-10-17(15-18)23-16(2)24/h9-11,15H,3-8,12-14H2,1-2H3,(H,23,24)(H3,20,21,22). The zero-order valence-electron chi connectivity index (χ0n) is 15.5. The minimum Gasteiger partial charge on any atom is -0.492 e. The van der Waals surface area contributed by atoms with Gasteiger partial charge in [0, 0.05) is 25.2 Å². The molecule has 1 aromatic carbocycles. The average molecular weight is 348 g/mol. The number of carbonyl (C=O) groups excluding carboxylic acids is 1. The molecule has 1 aromatic rings. The van der Waals surface area contributed by atoms with E-state index in [-0.39, 0.29) is 5.91 Å². The molecule has 0 atom stereocenters. The van der Waals surface area contributed by atoms with Crippen LogP contribution in [0.25, 0.3) is 0 Å². The fourth-order valence-corrected chi connectivity index (χ4v) is 2.36. The minimum atomic E-state index is -0.104. The van der Waals surface area contributed by atoms with Crippen LogP contribution in [0.4, 0.5) is 5.69 Å². The Morgan fingerprint density at radius 2 is 1.96 bits per heavy atom. The van der Waals surface area contributed by atoms with Crippen LogP contribution in [0, 0.1) is 0 Å². The molecule has 0 aromatic heterocycles. The molecule has 0 fully saturated rings. The van der Waals surface area contributed by atoms with Crippen LogP contribution < -0.4 is 21.1 Å². The molecule has 0 radical (unpaired) electrons. The number of unbranched alkanes of at least 4 members (excludes halogenated alkanes) is 5. The summed E-state index contributed by atoms with van der Waals surface area (Å²) in [6.07, 6.45) is 7.48. The van der Waals surface area contributed by atoms with Crippen LogP contribution in [0.15, 0.2) is 29.3 Å². The van der Waals surface area contributed by atoms with Gasteiger partial charge in [-0.25, -0.2) is 0 Å². The van der Waals surface area contributed by atoms with Crippen molar-refractivity contribution in [1.29, 1.82) is 0 Å². The maximum absolute atomic E-state index is 11.0. The van der Waals surface area contributed by atoms with E-state index in [9.17, 15) is 4.79 Å². The quantitative estimate of drug-likeness (QED) is 0.307. The smallest absolute Gasteiger partial charge is 0.221 e. The van der Waals surface area contributed by atoms with Crippen LogP contribution in [0.2, 0.25) is 0 Å². The summed E-state index contributed by atoms with van der Waals surface area (Å²) in [6.45, 7) is 5.52. The van der Waals surface area contributed by atoms with E-state index >= 15 is 0 Å². The Kier molecular flexibility index (Phi) is 10.9. The van der Waals surface area contributed by atoms with Gasteiger partial charge in [-0.05, 0) is 18.6 Å². The van der Waals surface area contributed by atoms with Gasteiger partial charge in [-0.15, -0.1) is 0 Å². The summed E-state index contributed by atoms with van der Waals surface area (Å²) < 4.78 is 5.63. The number of carbonyl (C=O) groups is 1. The third-order valence-electron chi connectivity index (χ3n) is 3.63. The molecular weight excluding hydrogens is 316 g/mol. The van der Waals surface area contributed by atoms with Crippen LogP contribution >= 0.6 is 0 Å². The molecule has 6 heteroatoms. The number of nitrogens with one attached hydrogen (secondary N) is 2. The number of benzene rings is 1. The molecule has 0 saturated heterocycles. The van der Waals surface area contributed by atoms with Gasteiger partial charge in [-0.3, -0.25) is 9.79 Å². The second-order valence-electron chi connectivity index (χ2n) is 6.02. The summed E-state index contributed by atoms with van der Waals surface area (Å²) in [4.78, 5) is 15.4. The van der Waals surface area contributed by atoms with Crippen LogP contribution in [-0.2, 0) is 4.79 Å². The van der Waals surface area contributed by atoms with Crippen molar-refractivity contribution < 1.29 is 9.53 Å². The van der Waals surface area contributed by atoms with Crippen LogP contribution in [0.3, 0.4) is 0 Å². The van der Waals surface area contributed by atoms with Crippen LogP contribution in [0.5, 0.6) is 5.75 Å². The second kappa shape index (κ2) is 13.1. The number of amides is 1. The molecule has 4 N–H and O–H groups in total. The molecule has 0 aliphatic heterocycles. The average Bonchev–Trinajstić information content (AvgIpc) is 2.58. The third kappa shape index (κ3) is 11.0. The van der Waals surface area contributed by atoms with E-state index in [2.05, 4.69) is 22.5 Å². The van der Waals surface area contributed by atoms with Crippen molar-refractivity contribution in [3.05, 3.63) is 24.3 Å². The Bertz CT molecular complexity index is 532. The number of rotatable bonds is 12. The predicted molar refractivity (Wildman–Crippen MR) is 104 cm³/mol. The Labute approximate surface area is 151 Å². The molecular formula is C19H32N4O2. The van der Waals surface area contributed by atoms with Gasteiger partial charge in [0.25, 0.3) is 0 Å². The maximum Gasteiger partial charge on any atom is 0.221 e. The van der Waals surface area contributed by atoms with Crippen molar-refractivity contribution in [2.45, 2.75) is 52.4 Å². The number of aliphatic imine (C=N–C) groups is 1. The molecule has 0 bridgehead atoms. The highest BCUT2D eigenvalue weighted by Crippen LogP contribution is 2.16. The van der Waals surface area contributed by atoms with Crippen molar-refractivity contribution in [3.63, 3.8) is 0 Å². The molecule has 0 heterocycles. The molecule has 25 heavy (non-hydrogen) atoms. The first-order valence-electron chi connectivity index (χ1n) is 9.16. The third-order valence-corrected chi connectivity index (χ3v) is 3.63. The molecule has 0 aliphatic rings. The minimum absolute atomic E-state index is 0.104. The van der Waals surface area contributed by atoms with E-state index in [4.69, 9.17) is 10.5 Å². The lowest BCUT2D eigenvalue weighted by Crippen LogP contribution is -2.34. The highest BCUT2D eigenvalue weighted by molar-refractivity contribution is 5.88. The maximum atomic E-state index is 11.0. The number of ether oxygens (including phenoxy) is 1. The van der Waals surface area contributed by atoms with E-state index in [0.717, 1.165) is 18.7 Å². The van der Waals surface area contributed by atoms with Crippen molar-refractivity contribution in [2.75, 3.05) is 25.0 Å². The highest BCUT2D eigenvalue weighted by Gasteiger charge is 1.99.